The van der Waals surface area contributed by atoms with Crippen LogP contribution in [0.3, 0.4) is 0 Å². The Morgan fingerprint density at radius 1 is 1.41 bits per heavy atom. The summed E-state index contributed by atoms with van der Waals surface area (Å²) in [5.74, 6) is -0.298. The number of benzene rings is 1. The van der Waals surface area contributed by atoms with Crippen LogP contribution in [0.5, 0.6) is 0 Å². The molecule has 2 aromatic rings. The van der Waals surface area contributed by atoms with Crippen LogP contribution in [-0.4, -0.2) is 15.9 Å². The van der Waals surface area contributed by atoms with Crippen LogP contribution in [0.25, 0.3) is 0 Å². The number of halogens is 2. The predicted molar refractivity (Wildman–Crippen MR) is 86.0 cm³/mol. The number of hydrogen-bond acceptors (Lipinski definition) is 4. The van der Waals surface area contributed by atoms with E-state index in [1.165, 1.54) is 18.3 Å². The van der Waals surface area contributed by atoms with E-state index in [9.17, 15) is 9.18 Å². The minimum Gasteiger partial charge on any atom is -0.275 e. The first kappa shape index (κ1) is 16.2. The van der Waals surface area contributed by atoms with Crippen molar-refractivity contribution in [3.05, 3.63) is 57.2 Å². The molecule has 0 bridgehead atoms. The first-order valence-corrected chi connectivity index (χ1v) is 7.31. The first-order valence-electron chi connectivity index (χ1n) is 6.93. The molecule has 5 nitrogen and oxygen atoms in total. The fourth-order valence-electron chi connectivity index (χ4n) is 1.84. The number of H-pyrrole nitrogens is 1. The molecule has 2 N–H and O–H groups in total. The highest BCUT2D eigenvalue weighted by atomic mass is 35.5. The Hall–Kier alpha value is -2.21. The molecule has 0 saturated heterocycles. The van der Waals surface area contributed by atoms with Crippen molar-refractivity contribution in [2.75, 3.05) is 5.43 Å². The third-order valence-electron chi connectivity index (χ3n) is 3.05. The molecule has 0 saturated carbocycles. The topological polar surface area (TPSA) is 70.1 Å². The van der Waals surface area contributed by atoms with Gasteiger partial charge in [0.15, 0.2) is 0 Å². The van der Waals surface area contributed by atoms with Crippen LogP contribution in [-0.2, 0) is 0 Å². The summed E-state index contributed by atoms with van der Waals surface area (Å²) in [6.07, 6.45) is 4.06. The number of anilines is 1. The Morgan fingerprint density at radius 2 is 2.14 bits per heavy atom. The third-order valence-corrected chi connectivity index (χ3v) is 3.43. The monoisotopic (exact) mass is 322 g/mol. The average molecular weight is 323 g/mol. The van der Waals surface area contributed by atoms with E-state index in [1.807, 2.05) is 0 Å². The summed E-state index contributed by atoms with van der Waals surface area (Å²) >= 11 is 5.88. The van der Waals surface area contributed by atoms with Gasteiger partial charge in [-0.1, -0.05) is 37.1 Å². The van der Waals surface area contributed by atoms with Gasteiger partial charge in [0.25, 0.3) is 5.56 Å². The number of aromatic nitrogens is 2. The second-order valence-corrected chi connectivity index (χ2v) is 5.09. The molecule has 7 heteroatoms. The number of rotatable bonds is 6. The molecular weight excluding hydrogens is 307 g/mol. The van der Waals surface area contributed by atoms with Crippen LogP contribution in [0.15, 0.2) is 40.4 Å². The molecule has 1 aromatic carbocycles. The lowest BCUT2D eigenvalue weighted by Crippen LogP contribution is -2.11. The van der Waals surface area contributed by atoms with Crippen molar-refractivity contribution in [3.8, 4) is 0 Å². The maximum Gasteiger partial charge on any atom is 0.285 e. The molecule has 22 heavy (non-hydrogen) atoms. The van der Waals surface area contributed by atoms with Gasteiger partial charge in [0.1, 0.15) is 16.5 Å². The molecule has 1 heterocycles. The van der Waals surface area contributed by atoms with Crippen molar-refractivity contribution in [1.82, 2.24) is 10.2 Å². The lowest BCUT2D eigenvalue weighted by Gasteiger charge is -2.08. The van der Waals surface area contributed by atoms with Gasteiger partial charge >= 0.3 is 0 Å². The number of aromatic amines is 1. The minimum absolute atomic E-state index is 0.00676. The molecule has 0 aliphatic carbocycles. The van der Waals surface area contributed by atoms with Crippen LogP contribution in [0, 0.1) is 5.82 Å². The highest BCUT2D eigenvalue weighted by molar-refractivity contribution is 6.32. The van der Waals surface area contributed by atoms with E-state index >= 15 is 0 Å². The number of unbranched alkanes of at least 4 members (excludes halogenated alkanes) is 1. The smallest absolute Gasteiger partial charge is 0.275 e. The Morgan fingerprint density at radius 3 is 2.82 bits per heavy atom. The zero-order chi connectivity index (χ0) is 15.9. The van der Waals surface area contributed by atoms with Crippen molar-refractivity contribution < 1.29 is 4.39 Å². The Balaban J connectivity index is 2.26. The molecule has 0 radical (unpaired) electrons. The van der Waals surface area contributed by atoms with Gasteiger partial charge in [-0.25, -0.2) is 9.49 Å². The Labute approximate surface area is 132 Å². The molecule has 0 fully saturated rings. The normalized spacial score (nSPS) is 11.5. The van der Waals surface area contributed by atoms with Crippen LogP contribution in [0.2, 0.25) is 5.02 Å². The first-order chi connectivity index (χ1) is 10.6. The second-order valence-electron chi connectivity index (χ2n) is 4.71. The van der Waals surface area contributed by atoms with Gasteiger partial charge in [-0.15, -0.1) is 0 Å². The Kier molecular flexibility index (Phi) is 5.66. The van der Waals surface area contributed by atoms with E-state index in [0.29, 0.717) is 5.69 Å². The summed E-state index contributed by atoms with van der Waals surface area (Å²) in [6, 6.07) is 6.11. The van der Waals surface area contributed by atoms with Gasteiger partial charge in [0, 0.05) is 0 Å². The quantitative estimate of drug-likeness (QED) is 0.631. The van der Waals surface area contributed by atoms with Gasteiger partial charge in [-0.3, -0.25) is 10.2 Å². The summed E-state index contributed by atoms with van der Waals surface area (Å²) < 4.78 is 13.0. The van der Waals surface area contributed by atoms with Gasteiger partial charge in [-0.2, -0.15) is 10.2 Å². The molecule has 0 spiro atoms. The average Bonchev–Trinajstić information content (AvgIpc) is 2.52. The highest BCUT2D eigenvalue weighted by Crippen LogP contribution is 2.16. The van der Waals surface area contributed by atoms with E-state index in [0.717, 1.165) is 30.5 Å². The van der Waals surface area contributed by atoms with E-state index in [2.05, 4.69) is 27.6 Å². The van der Waals surface area contributed by atoms with Crippen molar-refractivity contribution in [3.63, 3.8) is 0 Å². The zero-order valence-electron chi connectivity index (χ0n) is 12.1. The summed E-state index contributed by atoms with van der Waals surface area (Å²) in [5, 5.41) is 10.2. The second kappa shape index (κ2) is 7.70. The standard InChI is InChI=1S/C15H16ClFN4O/c1-2-3-4-12(10-5-7-11(17)8-6-10)19-20-13-9-18-21-15(22)14(13)16/h5-9H,2-4H2,1H3,(H2,20,21,22)/b19-12-. The molecule has 116 valence electrons. The minimum atomic E-state index is -0.487. The molecule has 2 rings (SSSR count). The highest BCUT2D eigenvalue weighted by Gasteiger charge is 2.07. The molecule has 0 unspecified atom stereocenters. The lowest BCUT2D eigenvalue weighted by molar-refractivity contribution is 0.627. The summed E-state index contributed by atoms with van der Waals surface area (Å²) in [4.78, 5) is 11.4. The van der Waals surface area contributed by atoms with Crippen LogP contribution in [0.4, 0.5) is 10.1 Å². The van der Waals surface area contributed by atoms with E-state index < -0.39 is 5.56 Å². The largest absolute Gasteiger partial charge is 0.285 e. The summed E-state index contributed by atoms with van der Waals surface area (Å²) in [5.41, 5.74) is 4.17. The maximum absolute atomic E-state index is 13.0. The van der Waals surface area contributed by atoms with E-state index in [1.54, 1.807) is 12.1 Å². The molecule has 0 atom stereocenters. The van der Waals surface area contributed by atoms with Crippen molar-refractivity contribution in [2.45, 2.75) is 26.2 Å². The zero-order valence-corrected chi connectivity index (χ0v) is 12.8. The van der Waals surface area contributed by atoms with Gasteiger partial charge < -0.3 is 0 Å². The number of hydrazone groups is 1. The van der Waals surface area contributed by atoms with Gasteiger partial charge in [0.2, 0.25) is 0 Å². The maximum atomic E-state index is 13.0. The molecule has 0 aliphatic heterocycles. The van der Waals surface area contributed by atoms with Crippen LogP contribution < -0.4 is 11.0 Å². The van der Waals surface area contributed by atoms with Crippen LogP contribution >= 0.6 is 11.6 Å². The van der Waals surface area contributed by atoms with Crippen LogP contribution in [0.1, 0.15) is 31.7 Å². The number of nitrogens with one attached hydrogen (secondary N) is 2. The third kappa shape index (κ3) is 4.14. The fourth-order valence-corrected chi connectivity index (χ4v) is 1.97. The molecule has 0 amide bonds. The summed E-state index contributed by atoms with van der Waals surface area (Å²) in [7, 11) is 0. The van der Waals surface area contributed by atoms with Gasteiger partial charge in [0.05, 0.1) is 11.9 Å². The van der Waals surface area contributed by atoms with Crippen molar-refractivity contribution in [1.29, 1.82) is 0 Å². The molecular formula is C15H16ClFN4O. The summed E-state index contributed by atoms with van der Waals surface area (Å²) in [6.45, 7) is 2.08. The lowest BCUT2D eigenvalue weighted by atomic mass is 10.1. The fraction of sp³-hybridized carbons (Fsp3) is 0.267. The molecule has 1 aromatic heterocycles. The van der Waals surface area contributed by atoms with Gasteiger partial charge in [-0.05, 0) is 30.5 Å². The number of nitrogens with zero attached hydrogens (tertiary/aromatic N) is 2. The van der Waals surface area contributed by atoms with E-state index in [-0.39, 0.29) is 10.8 Å². The predicted octanol–water partition coefficient (Wildman–Crippen LogP) is 3.57. The molecule has 0 aliphatic rings. The number of hydrogen-bond donors (Lipinski definition) is 2. The Bertz CT molecular complexity index is 712. The SMILES string of the molecule is CCCC/C(=N/Nc1cn[nH]c(=O)c1Cl)c1ccc(F)cc1. The van der Waals surface area contributed by atoms with Crippen molar-refractivity contribution in [2.24, 2.45) is 5.10 Å². The van der Waals surface area contributed by atoms with E-state index in [4.69, 9.17) is 11.6 Å². The van der Waals surface area contributed by atoms with Crippen molar-refractivity contribution >= 4 is 23.0 Å².